The topological polar surface area (TPSA) is 43.6 Å². The fourth-order valence-electron chi connectivity index (χ4n) is 2.11. The molecular formula is C15H17NO3. The van der Waals surface area contributed by atoms with Crippen molar-refractivity contribution >= 4 is 5.69 Å². The van der Waals surface area contributed by atoms with Gasteiger partial charge in [-0.15, -0.1) is 0 Å². The van der Waals surface area contributed by atoms with Gasteiger partial charge < -0.3 is 19.2 Å². The van der Waals surface area contributed by atoms with Gasteiger partial charge in [-0.1, -0.05) is 0 Å². The van der Waals surface area contributed by atoms with E-state index in [4.69, 9.17) is 13.9 Å². The lowest BCUT2D eigenvalue weighted by atomic mass is 10.2. The number of hydrogen-bond donors (Lipinski definition) is 1. The van der Waals surface area contributed by atoms with Gasteiger partial charge in [0.15, 0.2) is 11.5 Å². The van der Waals surface area contributed by atoms with Crippen LogP contribution < -0.4 is 14.8 Å². The highest BCUT2D eigenvalue weighted by atomic mass is 16.5. The summed E-state index contributed by atoms with van der Waals surface area (Å²) in [6, 6.07) is 9.87. The predicted octanol–water partition coefficient (Wildman–Crippen LogP) is 3.61. The first kappa shape index (κ1) is 12.0. The molecule has 0 bridgehead atoms. The molecule has 1 atom stereocenters. The Hall–Kier alpha value is -2.10. The zero-order chi connectivity index (χ0) is 13.1. The van der Waals surface area contributed by atoms with Crippen LogP contribution in [0.2, 0.25) is 0 Å². The Morgan fingerprint density at radius 3 is 2.74 bits per heavy atom. The van der Waals surface area contributed by atoms with Crippen LogP contribution >= 0.6 is 0 Å². The summed E-state index contributed by atoms with van der Waals surface area (Å²) in [7, 11) is 0. The second-order valence-corrected chi connectivity index (χ2v) is 4.59. The van der Waals surface area contributed by atoms with E-state index >= 15 is 0 Å². The summed E-state index contributed by atoms with van der Waals surface area (Å²) >= 11 is 0. The van der Waals surface area contributed by atoms with Gasteiger partial charge in [-0.3, -0.25) is 0 Å². The van der Waals surface area contributed by atoms with Crippen molar-refractivity contribution < 1.29 is 13.9 Å². The van der Waals surface area contributed by atoms with Crippen LogP contribution in [0, 0.1) is 0 Å². The van der Waals surface area contributed by atoms with Crippen LogP contribution in [0.1, 0.15) is 25.1 Å². The molecule has 0 saturated heterocycles. The summed E-state index contributed by atoms with van der Waals surface area (Å²) in [6.45, 7) is 3.47. The Labute approximate surface area is 112 Å². The summed E-state index contributed by atoms with van der Waals surface area (Å²) in [6.07, 6.45) is 2.60. The summed E-state index contributed by atoms with van der Waals surface area (Å²) in [5.41, 5.74) is 0.994. The van der Waals surface area contributed by atoms with E-state index in [2.05, 4.69) is 12.2 Å². The first-order valence-corrected chi connectivity index (χ1v) is 6.52. The number of nitrogens with one attached hydrogen (secondary N) is 1. The molecule has 1 aliphatic heterocycles. The van der Waals surface area contributed by atoms with Crippen LogP contribution in [0.25, 0.3) is 0 Å². The molecule has 0 radical (unpaired) electrons. The molecule has 0 amide bonds. The fourth-order valence-corrected chi connectivity index (χ4v) is 2.11. The van der Waals surface area contributed by atoms with Crippen molar-refractivity contribution in [3.8, 4) is 11.5 Å². The molecule has 0 aliphatic carbocycles. The summed E-state index contributed by atoms with van der Waals surface area (Å²) in [4.78, 5) is 0. The number of hydrogen-bond acceptors (Lipinski definition) is 4. The van der Waals surface area contributed by atoms with Crippen LogP contribution in [-0.4, -0.2) is 13.2 Å². The van der Waals surface area contributed by atoms with Gasteiger partial charge in [0.25, 0.3) is 0 Å². The van der Waals surface area contributed by atoms with Crippen LogP contribution in [0.3, 0.4) is 0 Å². The second kappa shape index (κ2) is 5.26. The molecule has 1 aliphatic rings. The highest BCUT2D eigenvalue weighted by molar-refractivity contribution is 5.55. The lowest BCUT2D eigenvalue weighted by molar-refractivity contribution is 0.297. The van der Waals surface area contributed by atoms with Crippen LogP contribution in [0.15, 0.2) is 41.0 Å². The largest absolute Gasteiger partial charge is 0.490 e. The van der Waals surface area contributed by atoms with Gasteiger partial charge in [-0.25, -0.2) is 0 Å². The van der Waals surface area contributed by atoms with Crippen molar-refractivity contribution in [2.24, 2.45) is 0 Å². The quantitative estimate of drug-likeness (QED) is 0.914. The molecule has 2 heterocycles. The molecule has 1 unspecified atom stereocenters. The second-order valence-electron chi connectivity index (χ2n) is 4.59. The minimum absolute atomic E-state index is 0.111. The van der Waals surface area contributed by atoms with E-state index in [1.807, 2.05) is 30.3 Å². The van der Waals surface area contributed by atoms with Crippen LogP contribution in [0.5, 0.6) is 11.5 Å². The van der Waals surface area contributed by atoms with E-state index in [9.17, 15) is 0 Å². The maximum absolute atomic E-state index is 5.67. The number of furan rings is 1. The van der Waals surface area contributed by atoms with E-state index in [0.29, 0.717) is 13.2 Å². The van der Waals surface area contributed by atoms with Crippen molar-refractivity contribution in [2.75, 3.05) is 18.5 Å². The Morgan fingerprint density at radius 2 is 1.95 bits per heavy atom. The Kier molecular flexibility index (Phi) is 3.31. The van der Waals surface area contributed by atoms with E-state index < -0.39 is 0 Å². The molecule has 3 rings (SSSR count). The maximum atomic E-state index is 5.67. The number of ether oxygens (including phenoxy) is 2. The van der Waals surface area contributed by atoms with Crippen molar-refractivity contribution in [1.82, 2.24) is 0 Å². The standard InChI is InChI=1S/C15H17NO3/c1-11(13-4-2-7-17-13)16-12-5-6-14-15(10-12)19-9-3-8-18-14/h2,4-7,10-11,16H,3,8-9H2,1H3. The molecule has 100 valence electrons. The highest BCUT2D eigenvalue weighted by Crippen LogP contribution is 2.33. The molecule has 1 aromatic heterocycles. The minimum atomic E-state index is 0.111. The Morgan fingerprint density at radius 1 is 1.11 bits per heavy atom. The predicted molar refractivity (Wildman–Crippen MR) is 72.8 cm³/mol. The lowest BCUT2D eigenvalue weighted by Gasteiger charge is -2.15. The molecule has 0 spiro atoms. The molecule has 0 fully saturated rings. The zero-order valence-electron chi connectivity index (χ0n) is 10.9. The van der Waals surface area contributed by atoms with E-state index in [0.717, 1.165) is 29.4 Å². The zero-order valence-corrected chi connectivity index (χ0v) is 10.9. The average Bonchev–Trinajstić information content (AvgIpc) is 2.85. The molecule has 2 aromatic rings. The van der Waals surface area contributed by atoms with Crippen molar-refractivity contribution in [2.45, 2.75) is 19.4 Å². The molecular weight excluding hydrogens is 242 g/mol. The van der Waals surface area contributed by atoms with Crippen LogP contribution in [-0.2, 0) is 0 Å². The van der Waals surface area contributed by atoms with E-state index in [-0.39, 0.29) is 6.04 Å². The first-order chi connectivity index (χ1) is 9.33. The van der Waals surface area contributed by atoms with Gasteiger partial charge in [-0.05, 0) is 31.2 Å². The van der Waals surface area contributed by atoms with Gasteiger partial charge in [0.05, 0.1) is 25.5 Å². The Bertz CT molecular complexity index is 536. The molecule has 4 nitrogen and oxygen atoms in total. The summed E-state index contributed by atoms with van der Waals surface area (Å²) < 4.78 is 16.7. The third-order valence-corrected chi connectivity index (χ3v) is 3.10. The van der Waals surface area contributed by atoms with Crippen molar-refractivity contribution in [1.29, 1.82) is 0 Å². The smallest absolute Gasteiger partial charge is 0.163 e. The molecule has 1 aromatic carbocycles. The molecule has 19 heavy (non-hydrogen) atoms. The number of rotatable bonds is 3. The third-order valence-electron chi connectivity index (χ3n) is 3.10. The number of fused-ring (bicyclic) bond motifs is 1. The fraction of sp³-hybridized carbons (Fsp3) is 0.333. The summed E-state index contributed by atoms with van der Waals surface area (Å²) in [5.74, 6) is 2.52. The van der Waals surface area contributed by atoms with Crippen LogP contribution in [0.4, 0.5) is 5.69 Å². The molecule has 1 N–H and O–H groups in total. The van der Waals surface area contributed by atoms with Crippen molar-refractivity contribution in [3.05, 3.63) is 42.4 Å². The maximum Gasteiger partial charge on any atom is 0.163 e. The average molecular weight is 259 g/mol. The number of anilines is 1. The normalized spacial score (nSPS) is 15.6. The van der Waals surface area contributed by atoms with Gasteiger partial charge in [0, 0.05) is 18.2 Å². The van der Waals surface area contributed by atoms with Crippen molar-refractivity contribution in [3.63, 3.8) is 0 Å². The molecule has 0 saturated carbocycles. The lowest BCUT2D eigenvalue weighted by Crippen LogP contribution is -2.05. The Balaban J connectivity index is 1.76. The van der Waals surface area contributed by atoms with Gasteiger partial charge >= 0.3 is 0 Å². The highest BCUT2D eigenvalue weighted by Gasteiger charge is 2.13. The number of benzene rings is 1. The minimum Gasteiger partial charge on any atom is -0.490 e. The van der Waals surface area contributed by atoms with Gasteiger partial charge in [0.1, 0.15) is 5.76 Å². The summed E-state index contributed by atoms with van der Waals surface area (Å²) in [5, 5.41) is 3.39. The van der Waals surface area contributed by atoms with Gasteiger partial charge in [0.2, 0.25) is 0 Å². The van der Waals surface area contributed by atoms with E-state index in [1.165, 1.54) is 0 Å². The molecule has 4 heteroatoms. The first-order valence-electron chi connectivity index (χ1n) is 6.52. The SMILES string of the molecule is CC(Nc1ccc2c(c1)OCCCO2)c1ccco1. The third kappa shape index (κ3) is 2.67. The van der Waals surface area contributed by atoms with E-state index in [1.54, 1.807) is 6.26 Å². The van der Waals surface area contributed by atoms with Gasteiger partial charge in [-0.2, -0.15) is 0 Å². The monoisotopic (exact) mass is 259 g/mol.